The Balaban J connectivity index is 1.15. The van der Waals surface area contributed by atoms with Gasteiger partial charge in [-0.25, -0.2) is 9.78 Å². The van der Waals surface area contributed by atoms with Gasteiger partial charge in [-0.15, -0.1) is 0 Å². The summed E-state index contributed by atoms with van der Waals surface area (Å²) >= 11 is -1.34. The van der Waals surface area contributed by atoms with Gasteiger partial charge < -0.3 is 39.5 Å². The summed E-state index contributed by atoms with van der Waals surface area (Å²) in [6, 6.07) is 25.5. The van der Waals surface area contributed by atoms with Crippen LogP contribution in [0.25, 0.3) is 10.8 Å². The van der Waals surface area contributed by atoms with Crippen molar-refractivity contribution < 1.29 is 28.3 Å². The summed E-state index contributed by atoms with van der Waals surface area (Å²) < 4.78 is 36.1. The first-order valence-corrected chi connectivity index (χ1v) is 19.6. The molecule has 0 spiro atoms. The fourth-order valence-corrected chi connectivity index (χ4v) is 6.98. The molecule has 1 aliphatic rings. The predicted molar refractivity (Wildman–Crippen MR) is 217 cm³/mol. The second kappa shape index (κ2) is 17.7. The number of methoxy groups -OCH3 is 1. The van der Waals surface area contributed by atoms with Gasteiger partial charge in [0.05, 0.1) is 49.9 Å². The van der Waals surface area contributed by atoms with E-state index in [0.717, 1.165) is 55.6 Å². The van der Waals surface area contributed by atoms with Crippen LogP contribution >= 0.6 is 0 Å². The SMILES string of the molecule is COc1c(NC(=O)Nc2ccc(Oc3ccnc(Nc4cc(C#N)cc(OCCCN5CCOCC5)c4)c3)c3ccccc23)cc(C(C)(C)C)cc1[S+](C)[O-]. The van der Waals surface area contributed by atoms with Gasteiger partial charge in [-0.3, -0.25) is 4.90 Å². The Morgan fingerprint density at radius 2 is 1.75 bits per heavy atom. The standard InChI is InChI=1S/C42H46N6O6S/c1-42(2,3)29-23-36(40(51-4)38(24-29)55(5)50)47-41(49)46-35-11-12-37(34-10-7-6-9-33(34)35)54-31-13-14-44-39(26-31)45-30-21-28(27-43)22-32(25-30)53-18-8-15-48-16-19-52-20-17-48/h6-7,9-14,21-26H,8,15-20H2,1-5H3,(H,44,45)(H2,46,47,49). The molecule has 5 aromatic rings. The number of fused-ring (bicyclic) bond motifs is 1. The normalized spacial score (nSPS) is 13.8. The van der Waals surface area contributed by atoms with E-state index in [1.165, 1.54) is 7.11 Å². The lowest BCUT2D eigenvalue weighted by Crippen LogP contribution is -2.37. The van der Waals surface area contributed by atoms with Crippen LogP contribution in [0.4, 0.5) is 27.7 Å². The second-order valence-corrected chi connectivity index (χ2v) is 15.5. The number of hydrogen-bond acceptors (Lipinski definition) is 10. The number of benzene rings is 4. The third-order valence-corrected chi connectivity index (χ3v) is 10.00. The van der Waals surface area contributed by atoms with E-state index in [0.29, 0.717) is 62.9 Å². The monoisotopic (exact) mass is 762 g/mol. The zero-order valence-corrected chi connectivity index (χ0v) is 32.5. The van der Waals surface area contributed by atoms with E-state index in [9.17, 15) is 14.6 Å². The Hall–Kier alpha value is -5.52. The van der Waals surface area contributed by atoms with E-state index < -0.39 is 17.2 Å². The van der Waals surface area contributed by atoms with Crippen LogP contribution in [0.2, 0.25) is 0 Å². The topological polar surface area (TPSA) is 153 Å². The van der Waals surface area contributed by atoms with Crippen molar-refractivity contribution in [1.82, 2.24) is 9.88 Å². The molecule has 4 aromatic carbocycles. The Morgan fingerprint density at radius 3 is 2.47 bits per heavy atom. The maximum Gasteiger partial charge on any atom is 0.323 e. The first-order chi connectivity index (χ1) is 26.5. The molecule has 1 aliphatic heterocycles. The number of rotatable bonds is 13. The molecule has 3 N–H and O–H groups in total. The van der Waals surface area contributed by atoms with Crippen molar-refractivity contribution in [3.63, 3.8) is 0 Å². The van der Waals surface area contributed by atoms with Gasteiger partial charge in [-0.05, 0) is 65.0 Å². The third kappa shape index (κ3) is 10.2. The smallest absolute Gasteiger partial charge is 0.323 e. The molecule has 2 amide bonds. The highest BCUT2D eigenvalue weighted by molar-refractivity contribution is 7.90. The van der Waals surface area contributed by atoms with Gasteiger partial charge in [0, 0.05) is 60.5 Å². The summed E-state index contributed by atoms with van der Waals surface area (Å²) in [4.78, 5) is 20.8. The number of nitriles is 1. The number of carbonyl (C=O) groups is 1. The molecular weight excluding hydrogens is 717 g/mol. The van der Waals surface area contributed by atoms with Gasteiger partial charge in [0.2, 0.25) is 0 Å². The molecule has 12 nitrogen and oxygen atoms in total. The number of urea groups is 1. The van der Waals surface area contributed by atoms with Crippen LogP contribution in [0.3, 0.4) is 0 Å². The van der Waals surface area contributed by atoms with Crippen LogP contribution in [0.1, 0.15) is 38.3 Å². The van der Waals surface area contributed by atoms with E-state index >= 15 is 0 Å². The summed E-state index contributed by atoms with van der Waals surface area (Å²) in [6.45, 7) is 11.0. The number of nitrogens with one attached hydrogen (secondary N) is 3. The zero-order valence-electron chi connectivity index (χ0n) is 31.7. The van der Waals surface area contributed by atoms with Gasteiger partial charge in [-0.2, -0.15) is 5.26 Å². The molecule has 1 saturated heterocycles. The van der Waals surface area contributed by atoms with Crippen molar-refractivity contribution in [3.05, 3.63) is 96.2 Å². The van der Waals surface area contributed by atoms with Crippen LogP contribution in [0.15, 0.2) is 90.0 Å². The lowest BCUT2D eigenvalue weighted by atomic mass is 9.86. The average Bonchev–Trinajstić information content (AvgIpc) is 3.17. The molecule has 1 unspecified atom stereocenters. The van der Waals surface area contributed by atoms with Crippen molar-refractivity contribution in [2.45, 2.75) is 37.5 Å². The van der Waals surface area contributed by atoms with Crippen LogP contribution in [-0.4, -0.2) is 73.3 Å². The van der Waals surface area contributed by atoms with Gasteiger partial charge >= 0.3 is 6.03 Å². The molecule has 1 atom stereocenters. The molecule has 1 aromatic heterocycles. The molecule has 1 fully saturated rings. The quantitative estimate of drug-likeness (QED) is 0.0787. The lowest BCUT2D eigenvalue weighted by Gasteiger charge is -2.26. The molecule has 0 radical (unpaired) electrons. The number of anilines is 4. The Labute approximate surface area is 324 Å². The third-order valence-electron chi connectivity index (χ3n) is 9.07. The minimum atomic E-state index is -1.34. The summed E-state index contributed by atoms with van der Waals surface area (Å²) in [7, 11) is 1.49. The molecule has 0 aliphatic carbocycles. The molecule has 0 saturated carbocycles. The number of ether oxygens (including phenoxy) is 4. The average molecular weight is 763 g/mol. The molecule has 286 valence electrons. The largest absolute Gasteiger partial charge is 0.612 e. The molecular formula is C42H46N6O6S. The molecule has 2 heterocycles. The van der Waals surface area contributed by atoms with E-state index in [1.54, 1.807) is 48.9 Å². The molecule has 0 bridgehead atoms. The van der Waals surface area contributed by atoms with E-state index in [-0.39, 0.29) is 5.41 Å². The van der Waals surface area contributed by atoms with Crippen LogP contribution < -0.4 is 30.2 Å². The first kappa shape index (κ1) is 39.2. The molecule has 13 heteroatoms. The Morgan fingerprint density at radius 1 is 0.982 bits per heavy atom. The minimum Gasteiger partial charge on any atom is -0.612 e. The number of aromatic nitrogens is 1. The van der Waals surface area contributed by atoms with Crippen LogP contribution in [0.5, 0.6) is 23.0 Å². The fraction of sp³-hybridized carbons (Fsp3) is 0.310. The molecule has 6 rings (SSSR count). The maximum absolute atomic E-state index is 13.5. The number of hydrogen-bond donors (Lipinski definition) is 3. The second-order valence-electron chi connectivity index (χ2n) is 14.1. The zero-order chi connectivity index (χ0) is 39.0. The van der Waals surface area contributed by atoms with Crippen molar-refractivity contribution in [2.24, 2.45) is 0 Å². The van der Waals surface area contributed by atoms with Crippen molar-refractivity contribution in [2.75, 3.05) is 68.8 Å². The summed E-state index contributed by atoms with van der Waals surface area (Å²) in [6.07, 6.45) is 4.09. The highest BCUT2D eigenvalue weighted by Gasteiger charge is 2.25. The highest BCUT2D eigenvalue weighted by Crippen LogP contribution is 2.39. The maximum atomic E-state index is 13.5. The van der Waals surface area contributed by atoms with Gasteiger partial charge in [0.25, 0.3) is 0 Å². The van der Waals surface area contributed by atoms with Gasteiger partial charge in [0.15, 0.2) is 10.6 Å². The van der Waals surface area contributed by atoms with Crippen LogP contribution in [-0.2, 0) is 21.3 Å². The number of amides is 2. The van der Waals surface area contributed by atoms with Crippen LogP contribution in [0, 0.1) is 11.3 Å². The first-order valence-electron chi connectivity index (χ1n) is 18.1. The lowest BCUT2D eigenvalue weighted by molar-refractivity contribution is 0.0358. The summed E-state index contributed by atoms with van der Waals surface area (Å²) in [5.74, 6) is 2.58. The minimum absolute atomic E-state index is 0.255. The fourth-order valence-electron chi connectivity index (χ4n) is 6.24. The van der Waals surface area contributed by atoms with E-state index in [2.05, 4.69) is 52.7 Å². The predicted octanol–water partition coefficient (Wildman–Crippen LogP) is 8.43. The highest BCUT2D eigenvalue weighted by atomic mass is 32.2. The Kier molecular flexibility index (Phi) is 12.6. The Bertz CT molecular complexity index is 2180. The number of nitrogens with zero attached hydrogens (tertiary/aromatic N) is 3. The van der Waals surface area contributed by atoms with Crippen molar-refractivity contribution in [3.8, 4) is 29.1 Å². The number of pyridine rings is 1. The number of carbonyl (C=O) groups excluding carboxylic acids is 1. The van der Waals surface area contributed by atoms with Crippen molar-refractivity contribution in [1.29, 1.82) is 5.26 Å². The summed E-state index contributed by atoms with van der Waals surface area (Å²) in [5, 5.41) is 20.4. The summed E-state index contributed by atoms with van der Waals surface area (Å²) in [5.41, 5.74) is 2.78. The van der Waals surface area contributed by atoms with E-state index in [4.69, 9.17) is 18.9 Å². The molecule has 55 heavy (non-hydrogen) atoms. The van der Waals surface area contributed by atoms with Gasteiger partial charge in [0.1, 0.15) is 29.3 Å². The number of morpholine rings is 1. The van der Waals surface area contributed by atoms with Crippen molar-refractivity contribution >= 4 is 50.9 Å². The van der Waals surface area contributed by atoms with Gasteiger partial charge in [-0.1, -0.05) is 45.0 Å². The van der Waals surface area contributed by atoms with E-state index in [1.807, 2.05) is 42.5 Å².